The summed E-state index contributed by atoms with van der Waals surface area (Å²) in [4.78, 5) is 28.4. The van der Waals surface area contributed by atoms with E-state index in [0.29, 0.717) is 50.5 Å². The van der Waals surface area contributed by atoms with Crippen molar-refractivity contribution in [2.75, 3.05) is 71.1 Å². The van der Waals surface area contributed by atoms with E-state index in [1.165, 1.54) is 23.5 Å². The molecule has 0 unspecified atom stereocenters. The Balaban J connectivity index is 1.33. The third-order valence-electron chi connectivity index (χ3n) is 5.28. The Morgan fingerprint density at radius 3 is 2.48 bits per heavy atom. The SMILES string of the molecule is COCCCNC(=O)CN1CCN(C(=O)COc2ccc(C3SCCCS3)cc2)CC1. The minimum Gasteiger partial charge on any atom is -0.484 e. The molecule has 2 heterocycles. The molecule has 0 saturated carbocycles. The average Bonchev–Trinajstić information content (AvgIpc) is 2.82. The Labute approximate surface area is 193 Å². The minimum absolute atomic E-state index is 0.00821. The van der Waals surface area contributed by atoms with Crippen LogP contribution in [0, 0.1) is 0 Å². The number of carbonyl (C=O) groups excluding carboxylic acids is 2. The molecule has 7 nitrogen and oxygen atoms in total. The van der Waals surface area contributed by atoms with Crippen LogP contribution in [0.5, 0.6) is 5.75 Å². The molecule has 3 rings (SSSR count). The van der Waals surface area contributed by atoms with Crippen LogP contribution < -0.4 is 10.1 Å². The molecule has 2 aliphatic rings. The standard InChI is InChI=1S/C22H33N3O4S2/c1-28-13-2-8-23-20(26)16-24-9-11-25(12-10-24)21(27)17-29-19-6-4-18(5-7-19)22-30-14-3-15-31-22/h4-7,22H,2-3,8-17H2,1H3,(H,23,26). The number of nitrogens with one attached hydrogen (secondary N) is 1. The summed E-state index contributed by atoms with van der Waals surface area (Å²) in [5.41, 5.74) is 1.31. The van der Waals surface area contributed by atoms with Crippen molar-refractivity contribution in [3.05, 3.63) is 29.8 Å². The van der Waals surface area contributed by atoms with Gasteiger partial charge < -0.3 is 19.7 Å². The molecule has 0 aliphatic carbocycles. The number of ether oxygens (including phenoxy) is 2. The van der Waals surface area contributed by atoms with Gasteiger partial charge in [-0.25, -0.2) is 0 Å². The fourth-order valence-electron chi connectivity index (χ4n) is 3.50. The van der Waals surface area contributed by atoms with Crippen molar-refractivity contribution in [2.45, 2.75) is 17.4 Å². The molecule has 1 aromatic carbocycles. The van der Waals surface area contributed by atoms with E-state index in [1.807, 2.05) is 40.6 Å². The Morgan fingerprint density at radius 1 is 1.10 bits per heavy atom. The second kappa shape index (κ2) is 13.2. The first kappa shape index (κ1) is 24.2. The van der Waals surface area contributed by atoms with Gasteiger partial charge in [-0.05, 0) is 42.0 Å². The molecular weight excluding hydrogens is 434 g/mol. The van der Waals surface area contributed by atoms with E-state index in [1.54, 1.807) is 7.11 Å². The lowest BCUT2D eigenvalue weighted by Gasteiger charge is -2.34. The second-order valence-corrected chi connectivity index (χ2v) is 10.4. The van der Waals surface area contributed by atoms with Gasteiger partial charge in [0.2, 0.25) is 5.91 Å². The zero-order chi connectivity index (χ0) is 21.9. The van der Waals surface area contributed by atoms with Crippen LogP contribution in [0.25, 0.3) is 0 Å². The van der Waals surface area contributed by atoms with Gasteiger partial charge in [0.25, 0.3) is 5.91 Å². The van der Waals surface area contributed by atoms with Crippen LogP contribution in [0.1, 0.15) is 23.0 Å². The molecular formula is C22H33N3O4S2. The van der Waals surface area contributed by atoms with E-state index in [4.69, 9.17) is 9.47 Å². The maximum Gasteiger partial charge on any atom is 0.260 e. The van der Waals surface area contributed by atoms with Crippen molar-refractivity contribution in [3.8, 4) is 5.75 Å². The summed E-state index contributed by atoms with van der Waals surface area (Å²) in [6, 6.07) is 8.13. The fraction of sp³-hybridized carbons (Fsp3) is 0.636. The van der Waals surface area contributed by atoms with Gasteiger partial charge in [-0.3, -0.25) is 14.5 Å². The van der Waals surface area contributed by atoms with Gasteiger partial charge in [0.05, 0.1) is 11.1 Å². The van der Waals surface area contributed by atoms with Gasteiger partial charge in [0.1, 0.15) is 5.75 Å². The molecule has 2 aliphatic heterocycles. The minimum atomic E-state index is -0.00821. The Kier molecular flexibility index (Phi) is 10.3. The van der Waals surface area contributed by atoms with E-state index >= 15 is 0 Å². The van der Waals surface area contributed by atoms with Crippen molar-refractivity contribution in [1.82, 2.24) is 15.1 Å². The number of thioether (sulfide) groups is 2. The molecule has 2 amide bonds. The second-order valence-electron chi connectivity index (χ2n) is 7.64. The van der Waals surface area contributed by atoms with Crippen molar-refractivity contribution >= 4 is 35.3 Å². The van der Waals surface area contributed by atoms with Crippen molar-refractivity contribution in [3.63, 3.8) is 0 Å². The third-order valence-corrected chi connectivity index (χ3v) is 8.30. The summed E-state index contributed by atoms with van der Waals surface area (Å²) in [6.07, 6.45) is 2.09. The lowest BCUT2D eigenvalue weighted by atomic mass is 10.2. The Bertz CT molecular complexity index is 691. The highest BCUT2D eigenvalue weighted by Crippen LogP contribution is 2.43. The number of nitrogens with zero attached hydrogens (tertiary/aromatic N) is 2. The normalized spacial score (nSPS) is 18.0. The number of hydrogen-bond acceptors (Lipinski definition) is 7. The van der Waals surface area contributed by atoms with Crippen LogP contribution in [0.2, 0.25) is 0 Å². The first-order valence-electron chi connectivity index (χ1n) is 10.9. The molecule has 0 atom stereocenters. The predicted octanol–water partition coefficient (Wildman–Crippen LogP) is 2.23. The summed E-state index contributed by atoms with van der Waals surface area (Å²) in [6.45, 7) is 4.32. The summed E-state index contributed by atoms with van der Waals surface area (Å²) in [7, 11) is 1.65. The van der Waals surface area contributed by atoms with Gasteiger partial charge in [0, 0.05) is 46.4 Å². The fourth-order valence-corrected chi connectivity index (χ4v) is 6.39. The van der Waals surface area contributed by atoms with Crippen molar-refractivity contribution in [2.24, 2.45) is 0 Å². The number of rotatable bonds is 10. The van der Waals surface area contributed by atoms with Crippen LogP contribution in [-0.2, 0) is 14.3 Å². The molecule has 31 heavy (non-hydrogen) atoms. The van der Waals surface area contributed by atoms with Crippen molar-refractivity contribution < 1.29 is 19.1 Å². The van der Waals surface area contributed by atoms with Gasteiger partial charge in [-0.2, -0.15) is 0 Å². The van der Waals surface area contributed by atoms with E-state index in [9.17, 15) is 9.59 Å². The highest BCUT2D eigenvalue weighted by atomic mass is 32.2. The van der Waals surface area contributed by atoms with E-state index in [-0.39, 0.29) is 18.4 Å². The molecule has 0 spiro atoms. The van der Waals surface area contributed by atoms with E-state index in [2.05, 4.69) is 22.3 Å². The molecule has 172 valence electrons. The highest BCUT2D eigenvalue weighted by Gasteiger charge is 2.23. The molecule has 9 heteroatoms. The summed E-state index contributed by atoms with van der Waals surface area (Å²) < 4.78 is 11.2. The monoisotopic (exact) mass is 467 g/mol. The van der Waals surface area contributed by atoms with Gasteiger partial charge in [-0.15, -0.1) is 23.5 Å². The van der Waals surface area contributed by atoms with Crippen LogP contribution in [-0.4, -0.2) is 92.7 Å². The molecule has 1 N–H and O–H groups in total. The van der Waals surface area contributed by atoms with Crippen LogP contribution in [0.3, 0.4) is 0 Å². The summed E-state index contributed by atoms with van der Waals surface area (Å²) in [5, 5.41) is 2.90. The lowest BCUT2D eigenvalue weighted by molar-refractivity contribution is -0.135. The topological polar surface area (TPSA) is 71.1 Å². The molecule has 0 bridgehead atoms. The number of methoxy groups -OCH3 is 1. The van der Waals surface area contributed by atoms with Gasteiger partial charge in [0.15, 0.2) is 6.61 Å². The number of carbonyl (C=O) groups is 2. The number of piperazine rings is 1. The average molecular weight is 468 g/mol. The molecule has 0 aromatic heterocycles. The quantitative estimate of drug-likeness (QED) is 0.529. The van der Waals surface area contributed by atoms with Crippen LogP contribution in [0.15, 0.2) is 24.3 Å². The number of hydrogen-bond donors (Lipinski definition) is 1. The Morgan fingerprint density at radius 2 is 1.81 bits per heavy atom. The first-order chi connectivity index (χ1) is 15.2. The summed E-state index contributed by atoms with van der Waals surface area (Å²) >= 11 is 3.99. The van der Waals surface area contributed by atoms with Crippen LogP contribution >= 0.6 is 23.5 Å². The molecule has 2 fully saturated rings. The highest BCUT2D eigenvalue weighted by molar-refractivity contribution is 8.16. The first-order valence-corrected chi connectivity index (χ1v) is 13.0. The maximum atomic E-state index is 12.5. The summed E-state index contributed by atoms with van der Waals surface area (Å²) in [5.74, 6) is 3.18. The largest absolute Gasteiger partial charge is 0.484 e. The molecule has 1 aromatic rings. The van der Waals surface area contributed by atoms with E-state index in [0.717, 1.165) is 12.2 Å². The third kappa shape index (κ3) is 8.21. The van der Waals surface area contributed by atoms with Gasteiger partial charge >= 0.3 is 0 Å². The van der Waals surface area contributed by atoms with Crippen LogP contribution in [0.4, 0.5) is 0 Å². The predicted molar refractivity (Wildman–Crippen MR) is 127 cm³/mol. The zero-order valence-electron chi connectivity index (χ0n) is 18.2. The lowest BCUT2D eigenvalue weighted by Crippen LogP contribution is -2.52. The maximum absolute atomic E-state index is 12.5. The smallest absolute Gasteiger partial charge is 0.260 e. The molecule has 0 radical (unpaired) electrons. The molecule has 2 saturated heterocycles. The number of amides is 2. The van der Waals surface area contributed by atoms with E-state index < -0.39 is 0 Å². The van der Waals surface area contributed by atoms with Gasteiger partial charge in [-0.1, -0.05) is 12.1 Å². The Hall–Kier alpha value is -1.42. The van der Waals surface area contributed by atoms with Crippen molar-refractivity contribution in [1.29, 1.82) is 0 Å². The zero-order valence-corrected chi connectivity index (χ0v) is 19.8. The number of benzene rings is 1.